The first kappa shape index (κ1) is 9.58. The molecule has 0 aliphatic heterocycles. The Bertz CT molecular complexity index is 507. The van der Waals surface area contributed by atoms with E-state index in [4.69, 9.17) is 0 Å². The molecular weight excluding hydrogens is 194 g/mol. The molecule has 1 aromatic heterocycles. The van der Waals surface area contributed by atoms with Gasteiger partial charge in [0.2, 0.25) is 0 Å². The molecule has 2 aromatic rings. The Morgan fingerprint density at radius 2 is 2.00 bits per heavy atom. The summed E-state index contributed by atoms with van der Waals surface area (Å²) in [4.78, 5) is 11.2. The number of hydrogen-bond acceptors (Lipinski definition) is 3. The summed E-state index contributed by atoms with van der Waals surface area (Å²) in [7, 11) is 0. The lowest BCUT2D eigenvalue weighted by Gasteiger charge is -1.98. The van der Waals surface area contributed by atoms with Gasteiger partial charge in [0.1, 0.15) is 5.56 Å². The molecule has 1 heterocycles. The van der Waals surface area contributed by atoms with Crippen LogP contribution in [-0.4, -0.2) is 10.3 Å². The first-order valence-electron chi connectivity index (χ1n) is 4.61. The van der Waals surface area contributed by atoms with Crippen molar-refractivity contribution in [2.24, 2.45) is 0 Å². The summed E-state index contributed by atoms with van der Waals surface area (Å²) in [5, 5.41) is 11.3. The molecule has 2 rings (SSSR count). The van der Waals surface area contributed by atoms with Crippen molar-refractivity contribution in [2.45, 2.75) is 13.3 Å². The highest BCUT2D eigenvalue weighted by molar-refractivity contribution is 5.29. The fraction of sp³-hybridized carbons (Fsp3) is 0.182. The van der Waals surface area contributed by atoms with Gasteiger partial charge in [-0.1, -0.05) is 29.8 Å². The first-order valence-corrected chi connectivity index (χ1v) is 4.61. The molecule has 0 aliphatic carbocycles. The van der Waals surface area contributed by atoms with E-state index in [-0.39, 0.29) is 17.1 Å². The minimum atomic E-state index is -0.381. The van der Waals surface area contributed by atoms with Crippen LogP contribution in [0.3, 0.4) is 0 Å². The van der Waals surface area contributed by atoms with Gasteiger partial charge in [-0.2, -0.15) is 5.16 Å². The average Bonchev–Trinajstić information content (AvgIpc) is 2.53. The molecule has 0 atom stereocenters. The van der Waals surface area contributed by atoms with E-state index in [1.54, 1.807) is 0 Å². The van der Waals surface area contributed by atoms with E-state index < -0.39 is 0 Å². The van der Waals surface area contributed by atoms with Crippen LogP contribution in [0.2, 0.25) is 0 Å². The number of hydrogen-bond donors (Lipinski definition) is 2. The van der Waals surface area contributed by atoms with Crippen LogP contribution in [-0.2, 0) is 6.42 Å². The minimum absolute atomic E-state index is 0.263. The van der Waals surface area contributed by atoms with Crippen molar-refractivity contribution in [1.82, 2.24) is 5.16 Å². The fourth-order valence-corrected chi connectivity index (χ4v) is 1.38. The van der Waals surface area contributed by atoms with Crippen molar-refractivity contribution in [3.8, 4) is 5.95 Å². The van der Waals surface area contributed by atoms with Gasteiger partial charge in [-0.25, -0.2) is 0 Å². The van der Waals surface area contributed by atoms with Gasteiger partial charge in [0.25, 0.3) is 5.56 Å². The second kappa shape index (κ2) is 3.65. The molecule has 0 radical (unpaired) electrons. The summed E-state index contributed by atoms with van der Waals surface area (Å²) in [6, 6.07) is 7.75. The molecule has 0 aliphatic rings. The number of aromatic hydroxyl groups is 1. The maximum absolute atomic E-state index is 11.2. The molecular formula is C11H11NO3. The van der Waals surface area contributed by atoms with Gasteiger partial charge in [0.05, 0.1) is 0 Å². The summed E-state index contributed by atoms with van der Waals surface area (Å²) in [6.07, 6.45) is 0.373. The fourth-order valence-electron chi connectivity index (χ4n) is 1.38. The molecule has 0 saturated carbocycles. The third-order valence-electron chi connectivity index (χ3n) is 2.27. The number of H-pyrrole nitrogens is 1. The first-order chi connectivity index (χ1) is 7.16. The van der Waals surface area contributed by atoms with E-state index in [2.05, 4.69) is 9.68 Å². The van der Waals surface area contributed by atoms with Crippen LogP contribution in [0.25, 0.3) is 0 Å². The summed E-state index contributed by atoms with van der Waals surface area (Å²) in [6.45, 7) is 1.99. The van der Waals surface area contributed by atoms with Crippen LogP contribution in [0.1, 0.15) is 16.7 Å². The average molecular weight is 205 g/mol. The molecule has 2 N–H and O–H groups in total. The van der Waals surface area contributed by atoms with Crippen LogP contribution in [0.4, 0.5) is 0 Å². The molecule has 0 saturated heterocycles. The zero-order valence-electron chi connectivity index (χ0n) is 8.28. The van der Waals surface area contributed by atoms with Gasteiger partial charge < -0.3 is 9.63 Å². The highest BCUT2D eigenvalue weighted by atomic mass is 16.6. The Kier molecular flexibility index (Phi) is 2.33. The summed E-state index contributed by atoms with van der Waals surface area (Å²) in [5.74, 6) is -0.333. The molecule has 0 fully saturated rings. The molecule has 0 amide bonds. The van der Waals surface area contributed by atoms with E-state index in [9.17, 15) is 9.90 Å². The predicted molar refractivity (Wildman–Crippen MR) is 55.0 cm³/mol. The van der Waals surface area contributed by atoms with Gasteiger partial charge in [-0.15, -0.1) is 0 Å². The molecule has 4 heteroatoms. The third-order valence-corrected chi connectivity index (χ3v) is 2.27. The largest absolute Gasteiger partial charge is 0.479 e. The third kappa shape index (κ3) is 1.93. The maximum Gasteiger partial charge on any atom is 0.313 e. The molecule has 15 heavy (non-hydrogen) atoms. The van der Waals surface area contributed by atoms with E-state index >= 15 is 0 Å². The van der Waals surface area contributed by atoms with Crippen molar-refractivity contribution >= 4 is 0 Å². The van der Waals surface area contributed by atoms with Crippen LogP contribution in [0.5, 0.6) is 5.95 Å². The Morgan fingerprint density at radius 3 is 2.53 bits per heavy atom. The quantitative estimate of drug-likeness (QED) is 0.782. The minimum Gasteiger partial charge on any atom is -0.479 e. The van der Waals surface area contributed by atoms with Gasteiger partial charge >= 0.3 is 5.95 Å². The molecule has 1 aromatic carbocycles. The number of aromatic amines is 1. The molecule has 4 nitrogen and oxygen atoms in total. The van der Waals surface area contributed by atoms with Crippen molar-refractivity contribution in [1.29, 1.82) is 0 Å². The van der Waals surface area contributed by atoms with Gasteiger partial charge in [0.15, 0.2) is 0 Å². The molecule has 0 bridgehead atoms. The molecule has 78 valence electrons. The highest BCUT2D eigenvalue weighted by Crippen LogP contribution is 2.15. The standard InChI is InChI=1S/C11H11NO3/c1-7-2-4-8(5-3-7)6-9-10(13)12-15-11(9)14/h2-5,14H,6H2,1H3,(H,12,13). The highest BCUT2D eigenvalue weighted by Gasteiger charge is 2.11. The van der Waals surface area contributed by atoms with E-state index in [1.807, 2.05) is 31.2 Å². The monoisotopic (exact) mass is 205 g/mol. The van der Waals surface area contributed by atoms with Gasteiger partial charge in [-0.3, -0.25) is 4.79 Å². The van der Waals surface area contributed by atoms with Crippen LogP contribution >= 0.6 is 0 Å². The zero-order chi connectivity index (χ0) is 10.8. The van der Waals surface area contributed by atoms with E-state index in [0.717, 1.165) is 11.1 Å². The van der Waals surface area contributed by atoms with Crippen molar-refractivity contribution in [3.63, 3.8) is 0 Å². The summed E-state index contributed by atoms with van der Waals surface area (Å²) >= 11 is 0. The second-order valence-electron chi connectivity index (χ2n) is 3.48. The van der Waals surface area contributed by atoms with Crippen LogP contribution in [0.15, 0.2) is 33.6 Å². The number of aromatic nitrogens is 1. The lowest BCUT2D eigenvalue weighted by atomic mass is 10.1. The second-order valence-corrected chi connectivity index (χ2v) is 3.48. The van der Waals surface area contributed by atoms with E-state index in [1.165, 1.54) is 0 Å². The summed E-state index contributed by atoms with van der Waals surface area (Å²) in [5.41, 5.74) is 2.00. The number of rotatable bonds is 2. The molecule has 0 unspecified atom stereocenters. The zero-order valence-corrected chi connectivity index (χ0v) is 8.28. The van der Waals surface area contributed by atoms with Crippen molar-refractivity contribution in [2.75, 3.05) is 0 Å². The lowest BCUT2D eigenvalue weighted by Crippen LogP contribution is -2.05. The Morgan fingerprint density at radius 1 is 1.33 bits per heavy atom. The summed E-state index contributed by atoms with van der Waals surface area (Å²) < 4.78 is 4.51. The Hall–Kier alpha value is -1.97. The van der Waals surface area contributed by atoms with Gasteiger partial charge in [-0.05, 0) is 12.5 Å². The number of benzene rings is 1. The lowest BCUT2D eigenvalue weighted by molar-refractivity contribution is 0.274. The van der Waals surface area contributed by atoms with Gasteiger partial charge in [0, 0.05) is 6.42 Å². The Labute approximate surface area is 86.1 Å². The van der Waals surface area contributed by atoms with Crippen molar-refractivity contribution < 1.29 is 9.63 Å². The van der Waals surface area contributed by atoms with E-state index in [0.29, 0.717) is 6.42 Å². The smallest absolute Gasteiger partial charge is 0.313 e. The molecule has 0 spiro atoms. The predicted octanol–water partition coefficient (Wildman–Crippen LogP) is 1.57. The maximum atomic E-state index is 11.2. The normalized spacial score (nSPS) is 10.5. The number of aryl methyl sites for hydroxylation is 1. The Balaban J connectivity index is 2.29. The van der Waals surface area contributed by atoms with Crippen LogP contribution in [0, 0.1) is 6.92 Å². The topological polar surface area (TPSA) is 66.2 Å². The SMILES string of the molecule is Cc1ccc(Cc2c(O)o[nH]c2=O)cc1. The van der Waals surface area contributed by atoms with Crippen LogP contribution < -0.4 is 5.56 Å². The number of nitrogens with one attached hydrogen (secondary N) is 1. The van der Waals surface area contributed by atoms with Crippen molar-refractivity contribution in [3.05, 3.63) is 51.3 Å².